The minimum absolute atomic E-state index is 0.0760. The van der Waals surface area contributed by atoms with E-state index in [1.54, 1.807) is 11.9 Å². The highest BCUT2D eigenvalue weighted by atomic mass is 32.2. The van der Waals surface area contributed by atoms with Crippen molar-refractivity contribution in [3.8, 4) is 0 Å². The number of carboxylic acid groups (broad SMARTS) is 1. The van der Waals surface area contributed by atoms with Crippen LogP contribution in [0.2, 0.25) is 0 Å². The van der Waals surface area contributed by atoms with Gasteiger partial charge in [-0.1, -0.05) is 6.92 Å². The number of carbonyl (C=O) groups is 3. The number of amides is 3. The second kappa shape index (κ2) is 6.55. The molecule has 3 unspecified atom stereocenters. The van der Waals surface area contributed by atoms with Crippen molar-refractivity contribution < 1.29 is 19.5 Å². The topological polar surface area (TPSA) is 90.0 Å². The van der Waals surface area contributed by atoms with Gasteiger partial charge in [0.1, 0.15) is 6.04 Å². The number of nitrogens with zero attached hydrogens (tertiary/aromatic N) is 2. The third-order valence-corrected chi connectivity index (χ3v) is 5.37. The molecular formula is C13H21N3O4S. The number of thioether (sulfide) groups is 1. The molecule has 2 N–H and O–H groups in total. The molecule has 7 nitrogen and oxygen atoms in total. The van der Waals surface area contributed by atoms with Crippen molar-refractivity contribution in [2.75, 3.05) is 19.3 Å². The summed E-state index contributed by atoms with van der Waals surface area (Å²) in [4.78, 5) is 38.2. The summed E-state index contributed by atoms with van der Waals surface area (Å²) in [5.41, 5.74) is 0. The van der Waals surface area contributed by atoms with Gasteiger partial charge in [-0.2, -0.15) is 0 Å². The van der Waals surface area contributed by atoms with E-state index in [0.29, 0.717) is 31.6 Å². The van der Waals surface area contributed by atoms with Crippen LogP contribution in [0.15, 0.2) is 0 Å². The Labute approximate surface area is 128 Å². The smallest absolute Gasteiger partial charge is 0.327 e. The summed E-state index contributed by atoms with van der Waals surface area (Å²) >= 11 is 1.50. The average molecular weight is 315 g/mol. The van der Waals surface area contributed by atoms with Gasteiger partial charge in [0.05, 0.1) is 5.37 Å². The number of hydrogen-bond acceptors (Lipinski definition) is 4. The highest BCUT2D eigenvalue weighted by Crippen LogP contribution is 2.31. The van der Waals surface area contributed by atoms with Gasteiger partial charge in [-0.15, -0.1) is 11.8 Å². The number of piperidine rings is 1. The molecule has 8 heteroatoms. The molecule has 2 rings (SSSR count). The standard InChI is InChI=1S/C13H21N3O4S/c1-3-11-16(9(7-21-11)12(18)19)13(20)14-8-4-5-10(17)15(2)6-8/h8-9,11H,3-7H2,1-2H3,(H,14,20)(H,18,19). The van der Waals surface area contributed by atoms with Crippen LogP contribution < -0.4 is 5.32 Å². The molecule has 0 spiro atoms. The molecule has 0 radical (unpaired) electrons. The van der Waals surface area contributed by atoms with Crippen LogP contribution in [-0.4, -0.2) is 69.6 Å². The molecule has 2 fully saturated rings. The van der Waals surface area contributed by atoms with Crippen LogP contribution in [0.5, 0.6) is 0 Å². The van der Waals surface area contributed by atoms with E-state index in [1.165, 1.54) is 16.7 Å². The third kappa shape index (κ3) is 3.42. The van der Waals surface area contributed by atoms with Gasteiger partial charge in [0.2, 0.25) is 5.91 Å². The average Bonchev–Trinajstić information content (AvgIpc) is 2.87. The van der Waals surface area contributed by atoms with Gasteiger partial charge in [0.25, 0.3) is 0 Å². The van der Waals surface area contributed by atoms with E-state index in [2.05, 4.69) is 5.32 Å². The number of nitrogens with one attached hydrogen (secondary N) is 1. The maximum absolute atomic E-state index is 12.4. The van der Waals surface area contributed by atoms with Crippen LogP contribution in [0.4, 0.5) is 4.79 Å². The highest BCUT2D eigenvalue weighted by molar-refractivity contribution is 8.00. The predicted molar refractivity (Wildman–Crippen MR) is 79.0 cm³/mol. The van der Waals surface area contributed by atoms with E-state index in [-0.39, 0.29) is 23.4 Å². The van der Waals surface area contributed by atoms with Gasteiger partial charge in [0, 0.05) is 31.8 Å². The van der Waals surface area contributed by atoms with Crippen molar-refractivity contribution in [1.29, 1.82) is 0 Å². The van der Waals surface area contributed by atoms with Crippen LogP contribution >= 0.6 is 11.8 Å². The fraction of sp³-hybridized carbons (Fsp3) is 0.769. The van der Waals surface area contributed by atoms with Gasteiger partial charge < -0.3 is 15.3 Å². The summed E-state index contributed by atoms with van der Waals surface area (Å²) in [7, 11) is 1.71. The number of hydrogen-bond donors (Lipinski definition) is 2. The number of carbonyl (C=O) groups excluding carboxylic acids is 2. The van der Waals surface area contributed by atoms with E-state index >= 15 is 0 Å². The Bertz CT molecular complexity index is 445. The SMILES string of the molecule is CCC1SCC(C(=O)O)N1C(=O)NC1CCC(=O)N(C)C1. The maximum atomic E-state index is 12.4. The Morgan fingerprint density at radius 1 is 1.48 bits per heavy atom. The molecule has 2 aliphatic rings. The first-order valence-electron chi connectivity index (χ1n) is 7.11. The summed E-state index contributed by atoms with van der Waals surface area (Å²) < 4.78 is 0. The minimum atomic E-state index is -0.968. The molecule has 3 amide bonds. The minimum Gasteiger partial charge on any atom is -0.480 e. The summed E-state index contributed by atoms with van der Waals surface area (Å²) in [6.07, 6.45) is 1.73. The summed E-state index contributed by atoms with van der Waals surface area (Å²) in [5.74, 6) is -0.471. The molecule has 2 aliphatic heterocycles. The lowest BCUT2D eigenvalue weighted by atomic mass is 10.1. The van der Waals surface area contributed by atoms with Crippen LogP contribution in [0.3, 0.4) is 0 Å². The molecule has 3 atom stereocenters. The monoisotopic (exact) mass is 315 g/mol. The molecule has 2 saturated heterocycles. The normalized spacial score (nSPS) is 29.6. The van der Waals surface area contributed by atoms with E-state index in [9.17, 15) is 19.5 Å². The molecule has 0 aromatic rings. The third-order valence-electron chi connectivity index (χ3n) is 3.92. The largest absolute Gasteiger partial charge is 0.480 e. The quantitative estimate of drug-likeness (QED) is 0.794. The fourth-order valence-electron chi connectivity index (χ4n) is 2.72. The van der Waals surface area contributed by atoms with Crippen molar-refractivity contribution in [3.05, 3.63) is 0 Å². The highest BCUT2D eigenvalue weighted by Gasteiger charge is 2.41. The number of likely N-dealkylation sites (tertiary alicyclic amines) is 1. The van der Waals surface area contributed by atoms with Crippen molar-refractivity contribution in [2.24, 2.45) is 0 Å². The second-order valence-corrected chi connectivity index (χ2v) is 6.63. The van der Waals surface area contributed by atoms with Gasteiger partial charge >= 0.3 is 12.0 Å². The van der Waals surface area contributed by atoms with Crippen LogP contribution in [0.1, 0.15) is 26.2 Å². The summed E-state index contributed by atoms with van der Waals surface area (Å²) in [6, 6.07) is -1.23. The molecule has 2 heterocycles. The lowest BCUT2D eigenvalue weighted by Crippen LogP contribution is -2.55. The molecule has 21 heavy (non-hydrogen) atoms. The zero-order valence-electron chi connectivity index (χ0n) is 12.2. The lowest BCUT2D eigenvalue weighted by Gasteiger charge is -2.33. The molecule has 0 aromatic carbocycles. The van der Waals surface area contributed by atoms with Gasteiger partial charge in [-0.3, -0.25) is 9.69 Å². The molecule has 0 aromatic heterocycles. The number of rotatable bonds is 3. The van der Waals surface area contributed by atoms with Gasteiger partial charge in [-0.05, 0) is 12.8 Å². The first-order valence-corrected chi connectivity index (χ1v) is 8.16. The van der Waals surface area contributed by atoms with Crippen LogP contribution in [0.25, 0.3) is 0 Å². The fourth-order valence-corrected chi connectivity index (χ4v) is 4.07. The van der Waals surface area contributed by atoms with Crippen molar-refractivity contribution in [3.63, 3.8) is 0 Å². The summed E-state index contributed by atoms with van der Waals surface area (Å²) in [5, 5.41) is 12.0. The Balaban J connectivity index is 2.00. The van der Waals surface area contributed by atoms with E-state index in [4.69, 9.17) is 0 Å². The van der Waals surface area contributed by atoms with Crippen molar-refractivity contribution in [1.82, 2.24) is 15.1 Å². The van der Waals surface area contributed by atoms with Crippen LogP contribution in [-0.2, 0) is 9.59 Å². The number of carboxylic acids is 1. The Hall–Kier alpha value is -1.44. The number of urea groups is 1. The zero-order valence-corrected chi connectivity index (χ0v) is 13.1. The molecular weight excluding hydrogens is 294 g/mol. The number of likely N-dealkylation sites (N-methyl/N-ethyl adjacent to an activating group) is 1. The summed E-state index contributed by atoms with van der Waals surface area (Å²) in [6.45, 7) is 2.41. The maximum Gasteiger partial charge on any atom is 0.327 e. The molecule has 118 valence electrons. The molecule has 0 saturated carbocycles. The van der Waals surface area contributed by atoms with Crippen LogP contribution in [0, 0.1) is 0 Å². The zero-order chi connectivity index (χ0) is 15.6. The van der Waals surface area contributed by atoms with Gasteiger partial charge in [0.15, 0.2) is 0 Å². The second-order valence-electron chi connectivity index (χ2n) is 5.42. The number of aliphatic carboxylic acids is 1. The van der Waals surface area contributed by atoms with Gasteiger partial charge in [-0.25, -0.2) is 9.59 Å². The van der Waals surface area contributed by atoms with E-state index < -0.39 is 12.0 Å². The molecule has 0 aliphatic carbocycles. The Morgan fingerprint density at radius 2 is 2.19 bits per heavy atom. The predicted octanol–water partition coefficient (Wildman–Crippen LogP) is 0.555. The van der Waals surface area contributed by atoms with Crippen molar-refractivity contribution >= 4 is 29.7 Å². The van der Waals surface area contributed by atoms with E-state index in [1.807, 2.05) is 6.92 Å². The van der Waals surface area contributed by atoms with Crippen molar-refractivity contribution in [2.45, 2.75) is 43.6 Å². The lowest BCUT2D eigenvalue weighted by molar-refractivity contribution is -0.141. The molecule has 0 bridgehead atoms. The Morgan fingerprint density at radius 3 is 2.76 bits per heavy atom. The first kappa shape index (κ1) is 15.9. The first-order chi connectivity index (χ1) is 9.93. The van der Waals surface area contributed by atoms with E-state index in [0.717, 1.165) is 0 Å². The Kier molecular flexibility index (Phi) is 4.97.